The molecule has 3 rings (SSSR count). The van der Waals surface area contributed by atoms with Crippen molar-refractivity contribution in [3.8, 4) is 11.8 Å². The van der Waals surface area contributed by atoms with Crippen LogP contribution in [0.5, 0.6) is 0 Å². The summed E-state index contributed by atoms with van der Waals surface area (Å²) >= 11 is 0. The highest BCUT2D eigenvalue weighted by molar-refractivity contribution is 5.85. The van der Waals surface area contributed by atoms with E-state index in [9.17, 15) is 4.79 Å². The lowest BCUT2D eigenvalue weighted by Gasteiger charge is -2.35. The van der Waals surface area contributed by atoms with Gasteiger partial charge in [0.15, 0.2) is 5.60 Å². The molecule has 4 nitrogen and oxygen atoms in total. The van der Waals surface area contributed by atoms with Crippen LogP contribution < -0.4 is 0 Å². The van der Waals surface area contributed by atoms with Gasteiger partial charge in [0.25, 0.3) is 0 Å². The molecule has 1 saturated carbocycles. The summed E-state index contributed by atoms with van der Waals surface area (Å²) in [5, 5.41) is 0. The van der Waals surface area contributed by atoms with Crippen molar-refractivity contribution in [2.24, 2.45) is 0 Å². The maximum Gasteiger partial charge on any atom is 0.304 e. The van der Waals surface area contributed by atoms with Gasteiger partial charge in [-0.2, -0.15) is 0 Å². The van der Waals surface area contributed by atoms with Gasteiger partial charge < -0.3 is 4.74 Å². The van der Waals surface area contributed by atoms with Gasteiger partial charge in [-0.05, 0) is 56.7 Å². The smallest absolute Gasteiger partial charge is 0.304 e. The first kappa shape index (κ1) is 20.7. The number of nitrogens with zero attached hydrogens (tertiary/aromatic N) is 2. The number of carbonyl (C=O) groups is 1. The summed E-state index contributed by atoms with van der Waals surface area (Å²) in [7, 11) is 0. The molecular weight excluding hydrogens is 348 g/mol. The molecule has 1 aliphatic carbocycles. The first-order valence-electron chi connectivity index (χ1n) is 9.52. The molecule has 0 N–H and O–H groups in total. The van der Waals surface area contributed by atoms with Crippen LogP contribution in [0.2, 0.25) is 0 Å². The van der Waals surface area contributed by atoms with Crippen molar-refractivity contribution in [1.29, 1.82) is 0 Å². The van der Waals surface area contributed by atoms with Crippen LogP contribution in [0.15, 0.2) is 24.5 Å². The normalized spacial score (nSPS) is 22.4. The second-order valence-corrected chi connectivity index (χ2v) is 7.22. The van der Waals surface area contributed by atoms with Crippen LogP contribution in [0.4, 0.5) is 0 Å². The summed E-state index contributed by atoms with van der Waals surface area (Å²) in [5.41, 5.74) is 0.722. The van der Waals surface area contributed by atoms with Crippen molar-refractivity contribution < 1.29 is 9.53 Å². The summed E-state index contributed by atoms with van der Waals surface area (Å²) in [6, 6.07) is 4.56. The predicted octanol–water partition coefficient (Wildman–Crippen LogP) is 4.30. The summed E-state index contributed by atoms with van der Waals surface area (Å²) in [6.45, 7) is 3.28. The maximum atomic E-state index is 11.5. The van der Waals surface area contributed by atoms with Gasteiger partial charge in [-0.3, -0.25) is 14.7 Å². The number of hydrogen-bond acceptors (Lipinski definition) is 4. The molecule has 5 heteroatoms. The monoisotopic (exact) mass is 376 g/mol. The molecule has 1 atom stereocenters. The molecule has 0 unspecified atom stereocenters. The molecule has 2 heterocycles. The lowest BCUT2D eigenvalue weighted by Crippen LogP contribution is -2.36. The van der Waals surface area contributed by atoms with Gasteiger partial charge in [0, 0.05) is 25.4 Å². The van der Waals surface area contributed by atoms with E-state index >= 15 is 0 Å². The van der Waals surface area contributed by atoms with E-state index in [4.69, 9.17) is 4.74 Å². The molecular formula is C21H29ClN2O2. The lowest BCUT2D eigenvalue weighted by atomic mass is 9.85. The molecule has 2 aliphatic rings. The highest BCUT2D eigenvalue weighted by atomic mass is 35.5. The number of aromatic nitrogens is 1. The van der Waals surface area contributed by atoms with Crippen molar-refractivity contribution in [3.63, 3.8) is 0 Å². The summed E-state index contributed by atoms with van der Waals surface area (Å²) in [5.74, 6) is 6.46. The summed E-state index contributed by atoms with van der Waals surface area (Å²) < 4.78 is 5.64. The number of ether oxygens (including phenoxy) is 1. The number of likely N-dealkylation sites (tertiary alicyclic amines) is 1. The van der Waals surface area contributed by atoms with Gasteiger partial charge in [0.2, 0.25) is 0 Å². The van der Waals surface area contributed by atoms with E-state index in [1.54, 1.807) is 0 Å². The van der Waals surface area contributed by atoms with E-state index in [0.717, 1.165) is 45.2 Å². The van der Waals surface area contributed by atoms with Gasteiger partial charge in [-0.25, -0.2) is 0 Å². The Balaban J connectivity index is 0.00000243. The third-order valence-corrected chi connectivity index (χ3v) is 5.28. The topological polar surface area (TPSA) is 42.4 Å². The Hall–Kier alpha value is -1.57. The van der Waals surface area contributed by atoms with Crippen LogP contribution in [0.1, 0.15) is 69.9 Å². The zero-order chi connectivity index (χ0) is 17.5. The summed E-state index contributed by atoms with van der Waals surface area (Å²) in [6.07, 6.45) is 12.5. The van der Waals surface area contributed by atoms with Gasteiger partial charge in [-0.15, -0.1) is 12.4 Å². The van der Waals surface area contributed by atoms with E-state index in [1.165, 1.54) is 31.7 Å². The zero-order valence-corrected chi connectivity index (χ0v) is 16.4. The van der Waals surface area contributed by atoms with Crippen molar-refractivity contribution in [2.45, 2.75) is 69.9 Å². The molecule has 1 aromatic rings. The molecule has 142 valence electrons. The van der Waals surface area contributed by atoms with E-state index in [2.05, 4.69) is 27.8 Å². The number of piperidine rings is 1. The van der Waals surface area contributed by atoms with E-state index in [0.29, 0.717) is 6.04 Å². The number of halogens is 1. The molecule has 0 amide bonds. The van der Waals surface area contributed by atoms with Gasteiger partial charge in [-0.1, -0.05) is 30.7 Å². The second-order valence-electron chi connectivity index (χ2n) is 7.22. The van der Waals surface area contributed by atoms with E-state index < -0.39 is 5.60 Å². The largest absolute Gasteiger partial charge is 0.446 e. The Labute approximate surface area is 163 Å². The Morgan fingerprint density at radius 2 is 2.12 bits per heavy atom. The SMILES string of the molecule is CC(=O)OC1(C#CCN2CCCC[C@@H]2c2cccnc2)CCCCC1.Cl. The number of hydrogen-bond donors (Lipinski definition) is 0. The van der Waals surface area contributed by atoms with Crippen LogP contribution in [-0.2, 0) is 9.53 Å². The number of esters is 1. The Bertz CT molecular complexity index is 632. The third-order valence-electron chi connectivity index (χ3n) is 5.28. The van der Waals surface area contributed by atoms with E-state index in [1.807, 2.05) is 18.5 Å². The average Bonchev–Trinajstić information content (AvgIpc) is 2.63. The maximum absolute atomic E-state index is 11.5. The Morgan fingerprint density at radius 1 is 1.31 bits per heavy atom. The number of carbonyl (C=O) groups excluding carboxylic acids is 1. The highest BCUT2D eigenvalue weighted by Crippen LogP contribution is 2.32. The fourth-order valence-corrected chi connectivity index (χ4v) is 4.08. The van der Waals surface area contributed by atoms with Gasteiger partial charge in [0.05, 0.1) is 6.54 Å². The minimum absolute atomic E-state index is 0. The molecule has 1 aromatic heterocycles. The fourth-order valence-electron chi connectivity index (χ4n) is 4.08. The van der Waals surface area contributed by atoms with Crippen LogP contribution in [0.3, 0.4) is 0 Å². The number of rotatable bonds is 3. The quantitative estimate of drug-likeness (QED) is 0.582. The average molecular weight is 377 g/mol. The molecule has 0 aromatic carbocycles. The van der Waals surface area contributed by atoms with Crippen molar-refractivity contribution in [1.82, 2.24) is 9.88 Å². The molecule has 1 aliphatic heterocycles. The van der Waals surface area contributed by atoms with Crippen molar-refractivity contribution in [2.75, 3.05) is 13.1 Å². The van der Waals surface area contributed by atoms with Gasteiger partial charge >= 0.3 is 5.97 Å². The molecule has 2 fully saturated rings. The van der Waals surface area contributed by atoms with Crippen LogP contribution in [0.25, 0.3) is 0 Å². The minimum Gasteiger partial charge on any atom is -0.446 e. The first-order chi connectivity index (χ1) is 12.2. The standard InChI is InChI=1S/C21H28N2O2.ClH/c1-18(24)25-21(11-4-2-5-12-21)13-8-16-23-15-6-3-10-20(23)19-9-7-14-22-17-19;/h7,9,14,17,20H,2-6,10-12,15-16H2,1H3;1H/t20-;/m1./s1. The molecule has 0 radical (unpaired) electrons. The highest BCUT2D eigenvalue weighted by Gasteiger charge is 2.33. The lowest BCUT2D eigenvalue weighted by molar-refractivity contribution is -0.153. The zero-order valence-electron chi connectivity index (χ0n) is 15.6. The van der Waals surface area contributed by atoms with Crippen molar-refractivity contribution >= 4 is 18.4 Å². The molecule has 26 heavy (non-hydrogen) atoms. The van der Waals surface area contributed by atoms with Crippen LogP contribution in [0, 0.1) is 11.8 Å². The van der Waals surface area contributed by atoms with E-state index in [-0.39, 0.29) is 18.4 Å². The van der Waals surface area contributed by atoms with Crippen molar-refractivity contribution in [3.05, 3.63) is 30.1 Å². The van der Waals surface area contributed by atoms with Crippen LogP contribution in [-0.4, -0.2) is 34.5 Å². The summed E-state index contributed by atoms with van der Waals surface area (Å²) in [4.78, 5) is 18.2. The van der Waals surface area contributed by atoms with Crippen LogP contribution >= 0.6 is 12.4 Å². The first-order valence-corrected chi connectivity index (χ1v) is 9.52. The Morgan fingerprint density at radius 3 is 2.81 bits per heavy atom. The minimum atomic E-state index is -0.552. The molecule has 1 saturated heterocycles. The van der Waals surface area contributed by atoms with Gasteiger partial charge in [0.1, 0.15) is 0 Å². The Kier molecular flexibility index (Phi) is 7.93. The fraction of sp³-hybridized carbons (Fsp3) is 0.619. The second kappa shape index (κ2) is 9.94. The molecule has 0 spiro atoms. The predicted molar refractivity (Wildman–Crippen MR) is 105 cm³/mol. The molecule has 0 bridgehead atoms. The number of pyridine rings is 1. The third kappa shape index (κ3) is 5.46.